The van der Waals surface area contributed by atoms with Crippen molar-refractivity contribution >= 4 is 11.6 Å². The molecule has 1 aromatic rings. The second kappa shape index (κ2) is 6.24. The van der Waals surface area contributed by atoms with E-state index in [1.165, 1.54) is 12.8 Å². The van der Waals surface area contributed by atoms with Crippen LogP contribution in [0.15, 0.2) is 18.2 Å². The molecule has 3 heteroatoms. The van der Waals surface area contributed by atoms with E-state index >= 15 is 0 Å². The van der Waals surface area contributed by atoms with E-state index in [0.29, 0.717) is 0 Å². The van der Waals surface area contributed by atoms with Crippen LogP contribution in [0.4, 0.5) is 11.6 Å². The van der Waals surface area contributed by atoms with E-state index in [1.807, 2.05) is 18.2 Å². The minimum atomic E-state index is 0.908. The zero-order valence-corrected chi connectivity index (χ0v) is 9.01. The second-order valence-corrected chi connectivity index (χ2v) is 3.22. The van der Waals surface area contributed by atoms with Gasteiger partial charge in [-0.1, -0.05) is 19.4 Å². The quantitative estimate of drug-likeness (QED) is 0.682. The zero-order valence-electron chi connectivity index (χ0n) is 9.01. The van der Waals surface area contributed by atoms with E-state index in [1.54, 1.807) is 0 Å². The molecule has 78 valence electrons. The van der Waals surface area contributed by atoms with E-state index in [4.69, 9.17) is 0 Å². The lowest BCUT2D eigenvalue weighted by Gasteiger charge is -2.07. The van der Waals surface area contributed by atoms with Crippen LogP contribution in [0.25, 0.3) is 0 Å². The number of pyridine rings is 1. The van der Waals surface area contributed by atoms with Crippen molar-refractivity contribution in [1.82, 2.24) is 4.98 Å². The Kier molecular flexibility index (Phi) is 4.83. The molecule has 0 saturated carbocycles. The number of anilines is 2. The molecule has 0 atom stereocenters. The van der Waals surface area contributed by atoms with Gasteiger partial charge in [-0.2, -0.15) is 0 Å². The molecule has 2 N–H and O–H groups in total. The predicted octanol–water partition coefficient (Wildman–Crippen LogP) is 2.73. The summed E-state index contributed by atoms with van der Waals surface area (Å²) in [6.45, 7) is 6.16. The molecule has 0 bridgehead atoms. The highest BCUT2D eigenvalue weighted by atomic mass is 15.1. The highest BCUT2D eigenvalue weighted by Gasteiger charge is 1.94. The van der Waals surface area contributed by atoms with Crippen molar-refractivity contribution in [2.75, 3.05) is 23.7 Å². The first-order valence-electron chi connectivity index (χ1n) is 5.31. The summed E-state index contributed by atoms with van der Waals surface area (Å²) in [5, 5.41) is 6.48. The Bertz CT molecular complexity index is 260. The highest BCUT2D eigenvalue weighted by Crippen LogP contribution is 2.08. The van der Waals surface area contributed by atoms with Gasteiger partial charge in [0.15, 0.2) is 0 Å². The summed E-state index contributed by atoms with van der Waals surface area (Å²) >= 11 is 0. The van der Waals surface area contributed by atoms with E-state index in [0.717, 1.165) is 24.7 Å². The molecule has 0 aromatic carbocycles. The normalized spacial score (nSPS) is 9.86. The number of aromatic nitrogens is 1. The van der Waals surface area contributed by atoms with Gasteiger partial charge in [0.2, 0.25) is 0 Å². The van der Waals surface area contributed by atoms with Crippen molar-refractivity contribution in [3.63, 3.8) is 0 Å². The fourth-order valence-electron chi connectivity index (χ4n) is 1.21. The third-order valence-electron chi connectivity index (χ3n) is 1.94. The SMILES string of the molecule is CCCCNc1cccc(NCC)n1. The lowest BCUT2D eigenvalue weighted by molar-refractivity contribution is 0.831. The van der Waals surface area contributed by atoms with E-state index in [9.17, 15) is 0 Å². The fourth-order valence-corrected chi connectivity index (χ4v) is 1.21. The third kappa shape index (κ3) is 3.64. The van der Waals surface area contributed by atoms with Gasteiger partial charge in [0.05, 0.1) is 0 Å². The fraction of sp³-hybridized carbons (Fsp3) is 0.545. The molecule has 0 spiro atoms. The van der Waals surface area contributed by atoms with Gasteiger partial charge >= 0.3 is 0 Å². The zero-order chi connectivity index (χ0) is 10.2. The average molecular weight is 193 g/mol. The Morgan fingerprint density at radius 1 is 1.14 bits per heavy atom. The molecule has 0 radical (unpaired) electrons. The van der Waals surface area contributed by atoms with Gasteiger partial charge < -0.3 is 10.6 Å². The minimum Gasteiger partial charge on any atom is -0.370 e. The minimum absolute atomic E-state index is 0.908. The molecule has 14 heavy (non-hydrogen) atoms. The van der Waals surface area contributed by atoms with Gasteiger partial charge in [-0.05, 0) is 25.5 Å². The predicted molar refractivity (Wildman–Crippen MR) is 61.8 cm³/mol. The molecule has 1 aromatic heterocycles. The van der Waals surface area contributed by atoms with E-state index < -0.39 is 0 Å². The first kappa shape index (κ1) is 10.8. The standard InChI is InChI=1S/C11H19N3/c1-3-5-9-13-11-8-6-7-10(14-11)12-4-2/h6-8H,3-5,9H2,1-2H3,(H2,12,13,14). The number of unbranched alkanes of at least 4 members (excludes halogenated alkanes) is 1. The molecule has 0 saturated heterocycles. The topological polar surface area (TPSA) is 37.0 Å². The maximum absolute atomic E-state index is 4.41. The molecule has 0 fully saturated rings. The van der Waals surface area contributed by atoms with Crippen molar-refractivity contribution in [2.45, 2.75) is 26.7 Å². The third-order valence-corrected chi connectivity index (χ3v) is 1.94. The van der Waals surface area contributed by atoms with Crippen molar-refractivity contribution in [3.8, 4) is 0 Å². The number of rotatable bonds is 6. The summed E-state index contributed by atoms with van der Waals surface area (Å²) in [6.07, 6.45) is 2.40. The Hall–Kier alpha value is -1.25. The summed E-state index contributed by atoms with van der Waals surface area (Å²) in [7, 11) is 0. The van der Waals surface area contributed by atoms with Crippen molar-refractivity contribution in [1.29, 1.82) is 0 Å². The van der Waals surface area contributed by atoms with E-state index in [2.05, 4.69) is 29.5 Å². The maximum Gasteiger partial charge on any atom is 0.128 e. The Balaban J connectivity index is 2.46. The molecular weight excluding hydrogens is 174 g/mol. The van der Waals surface area contributed by atoms with Crippen LogP contribution in [-0.4, -0.2) is 18.1 Å². The largest absolute Gasteiger partial charge is 0.370 e. The van der Waals surface area contributed by atoms with E-state index in [-0.39, 0.29) is 0 Å². The average Bonchev–Trinajstić information content (AvgIpc) is 2.19. The Morgan fingerprint density at radius 3 is 2.50 bits per heavy atom. The van der Waals surface area contributed by atoms with Crippen LogP contribution in [0.1, 0.15) is 26.7 Å². The summed E-state index contributed by atoms with van der Waals surface area (Å²) in [5.74, 6) is 1.89. The maximum atomic E-state index is 4.41. The van der Waals surface area contributed by atoms with Crippen molar-refractivity contribution < 1.29 is 0 Å². The molecule has 0 unspecified atom stereocenters. The van der Waals surface area contributed by atoms with Crippen LogP contribution >= 0.6 is 0 Å². The Morgan fingerprint density at radius 2 is 1.86 bits per heavy atom. The second-order valence-electron chi connectivity index (χ2n) is 3.22. The monoisotopic (exact) mass is 193 g/mol. The van der Waals surface area contributed by atoms with Gasteiger partial charge in [0, 0.05) is 13.1 Å². The molecule has 1 rings (SSSR count). The van der Waals surface area contributed by atoms with Crippen molar-refractivity contribution in [2.24, 2.45) is 0 Å². The number of nitrogens with one attached hydrogen (secondary N) is 2. The smallest absolute Gasteiger partial charge is 0.128 e. The molecule has 0 aliphatic carbocycles. The lowest BCUT2D eigenvalue weighted by Crippen LogP contribution is -2.05. The van der Waals surface area contributed by atoms with Gasteiger partial charge in [0.25, 0.3) is 0 Å². The molecule has 1 heterocycles. The van der Waals surface area contributed by atoms with Gasteiger partial charge in [0.1, 0.15) is 11.6 Å². The number of hydrogen-bond donors (Lipinski definition) is 2. The van der Waals surface area contributed by atoms with Crippen LogP contribution in [-0.2, 0) is 0 Å². The lowest BCUT2D eigenvalue weighted by atomic mass is 10.3. The number of hydrogen-bond acceptors (Lipinski definition) is 3. The van der Waals surface area contributed by atoms with Gasteiger partial charge in [-0.3, -0.25) is 0 Å². The summed E-state index contributed by atoms with van der Waals surface area (Å²) in [4.78, 5) is 4.41. The van der Waals surface area contributed by atoms with Crippen LogP contribution in [0.5, 0.6) is 0 Å². The van der Waals surface area contributed by atoms with Crippen LogP contribution in [0.3, 0.4) is 0 Å². The first-order chi connectivity index (χ1) is 6.86. The molecule has 0 amide bonds. The summed E-state index contributed by atoms with van der Waals surface area (Å²) in [6, 6.07) is 5.99. The first-order valence-corrected chi connectivity index (χ1v) is 5.31. The molecule has 3 nitrogen and oxygen atoms in total. The Labute approximate surface area is 85.9 Å². The molecule has 0 aliphatic rings. The van der Waals surface area contributed by atoms with Crippen LogP contribution in [0.2, 0.25) is 0 Å². The molecule has 0 aliphatic heterocycles. The summed E-state index contributed by atoms with van der Waals surface area (Å²) in [5.41, 5.74) is 0. The number of nitrogens with zero attached hydrogens (tertiary/aromatic N) is 1. The van der Waals surface area contributed by atoms with Crippen LogP contribution < -0.4 is 10.6 Å². The van der Waals surface area contributed by atoms with Crippen molar-refractivity contribution in [3.05, 3.63) is 18.2 Å². The molecular formula is C11H19N3. The highest BCUT2D eigenvalue weighted by molar-refractivity contribution is 5.44. The van der Waals surface area contributed by atoms with Gasteiger partial charge in [-0.25, -0.2) is 4.98 Å². The van der Waals surface area contributed by atoms with Gasteiger partial charge in [-0.15, -0.1) is 0 Å². The van der Waals surface area contributed by atoms with Crippen LogP contribution in [0, 0.1) is 0 Å². The summed E-state index contributed by atoms with van der Waals surface area (Å²) < 4.78 is 0.